The quantitative estimate of drug-likeness (QED) is 0.471. The maximum atomic E-state index is 13.2. The molecule has 0 unspecified atom stereocenters. The summed E-state index contributed by atoms with van der Waals surface area (Å²) in [5, 5.41) is 21.2. The first-order valence-electron chi connectivity index (χ1n) is 6.14. The lowest BCUT2D eigenvalue weighted by atomic mass is 10.2. The van der Waals surface area contributed by atoms with Crippen LogP contribution in [0, 0.1) is 15.9 Å². The zero-order valence-corrected chi connectivity index (χ0v) is 10.7. The SMILES string of the molecule is O=[N+]([O-])c1cc(F)cc(CNCCCn2ccnn2)c1. The average Bonchev–Trinajstić information content (AvgIpc) is 2.91. The molecule has 20 heavy (non-hydrogen) atoms. The van der Waals surface area contributed by atoms with Gasteiger partial charge in [-0.3, -0.25) is 14.8 Å². The normalized spacial score (nSPS) is 10.7. The van der Waals surface area contributed by atoms with Crippen LogP contribution >= 0.6 is 0 Å². The van der Waals surface area contributed by atoms with Crippen molar-refractivity contribution in [3.05, 3.63) is 52.1 Å². The molecule has 1 N–H and O–H groups in total. The third-order valence-corrected chi connectivity index (χ3v) is 2.69. The second-order valence-electron chi connectivity index (χ2n) is 4.27. The van der Waals surface area contributed by atoms with Crippen molar-refractivity contribution in [3.63, 3.8) is 0 Å². The molecule has 8 heteroatoms. The summed E-state index contributed by atoms with van der Waals surface area (Å²) in [4.78, 5) is 10.0. The number of nitrogens with zero attached hydrogens (tertiary/aromatic N) is 4. The van der Waals surface area contributed by atoms with Crippen molar-refractivity contribution in [2.45, 2.75) is 19.5 Å². The van der Waals surface area contributed by atoms with Crippen molar-refractivity contribution >= 4 is 5.69 Å². The molecule has 7 nitrogen and oxygen atoms in total. The number of nitro benzene ring substituents is 1. The van der Waals surface area contributed by atoms with Crippen LogP contribution in [0.1, 0.15) is 12.0 Å². The minimum Gasteiger partial charge on any atom is -0.313 e. The fraction of sp³-hybridized carbons (Fsp3) is 0.333. The molecule has 0 saturated heterocycles. The van der Waals surface area contributed by atoms with Crippen LogP contribution in [0.5, 0.6) is 0 Å². The molecule has 0 aliphatic heterocycles. The van der Waals surface area contributed by atoms with E-state index in [4.69, 9.17) is 0 Å². The predicted molar refractivity (Wildman–Crippen MR) is 69.4 cm³/mol. The van der Waals surface area contributed by atoms with Crippen molar-refractivity contribution in [3.8, 4) is 0 Å². The van der Waals surface area contributed by atoms with E-state index in [0.717, 1.165) is 19.0 Å². The molecule has 1 aromatic carbocycles. The van der Waals surface area contributed by atoms with Crippen LogP contribution in [-0.4, -0.2) is 26.5 Å². The molecule has 0 atom stereocenters. The highest BCUT2D eigenvalue weighted by molar-refractivity contribution is 5.35. The van der Waals surface area contributed by atoms with E-state index in [1.807, 2.05) is 0 Å². The van der Waals surface area contributed by atoms with Crippen molar-refractivity contribution in [1.82, 2.24) is 20.3 Å². The highest BCUT2D eigenvalue weighted by Gasteiger charge is 2.09. The molecule has 2 rings (SSSR count). The summed E-state index contributed by atoms with van der Waals surface area (Å²) in [6, 6.07) is 3.57. The number of halogens is 1. The Balaban J connectivity index is 1.77. The third-order valence-electron chi connectivity index (χ3n) is 2.69. The summed E-state index contributed by atoms with van der Waals surface area (Å²) in [5.41, 5.74) is 0.321. The van der Waals surface area contributed by atoms with Crippen LogP contribution in [0.4, 0.5) is 10.1 Å². The number of hydrogen-bond donors (Lipinski definition) is 1. The van der Waals surface area contributed by atoms with Crippen LogP contribution in [0.25, 0.3) is 0 Å². The van der Waals surface area contributed by atoms with Crippen LogP contribution < -0.4 is 5.32 Å². The van der Waals surface area contributed by atoms with Gasteiger partial charge in [0, 0.05) is 25.4 Å². The van der Waals surface area contributed by atoms with Gasteiger partial charge in [-0.15, -0.1) is 5.10 Å². The standard InChI is InChI=1S/C12H14FN5O2/c13-11-6-10(7-12(8-11)18(19)20)9-14-2-1-4-17-5-3-15-16-17/h3,5-8,14H,1-2,4,9H2. The Morgan fingerprint density at radius 1 is 1.40 bits per heavy atom. The molecule has 0 fully saturated rings. The van der Waals surface area contributed by atoms with Gasteiger partial charge in [-0.2, -0.15) is 0 Å². The molecule has 0 bridgehead atoms. The average molecular weight is 279 g/mol. The zero-order chi connectivity index (χ0) is 14.4. The summed E-state index contributed by atoms with van der Waals surface area (Å²) in [5.74, 6) is -0.599. The van der Waals surface area contributed by atoms with Gasteiger partial charge in [0.1, 0.15) is 5.82 Å². The first-order valence-corrected chi connectivity index (χ1v) is 6.14. The molecule has 0 aliphatic carbocycles. The van der Waals surface area contributed by atoms with Gasteiger partial charge in [-0.25, -0.2) is 4.39 Å². The van der Waals surface area contributed by atoms with E-state index in [-0.39, 0.29) is 5.69 Å². The van der Waals surface area contributed by atoms with Gasteiger partial charge in [0.05, 0.1) is 17.2 Å². The fourth-order valence-electron chi connectivity index (χ4n) is 1.79. The Hall–Kier alpha value is -2.35. The second-order valence-corrected chi connectivity index (χ2v) is 4.27. The van der Waals surface area contributed by atoms with E-state index in [0.29, 0.717) is 18.7 Å². The van der Waals surface area contributed by atoms with Crippen molar-refractivity contribution in [1.29, 1.82) is 0 Å². The molecule has 2 aromatic rings. The molecular weight excluding hydrogens is 265 g/mol. The van der Waals surface area contributed by atoms with Gasteiger partial charge in [-0.05, 0) is 24.6 Å². The first-order chi connectivity index (χ1) is 9.65. The molecule has 1 aromatic heterocycles. The van der Waals surface area contributed by atoms with Crippen LogP contribution in [0.3, 0.4) is 0 Å². The van der Waals surface area contributed by atoms with Gasteiger partial charge >= 0.3 is 0 Å². The molecule has 0 spiro atoms. The maximum Gasteiger partial charge on any atom is 0.272 e. The molecule has 1 heterocycles. The number of aryl methyl sites for hydroxylation is 1. The van der Waals surface area contributed by atoms with Gasteiger partial charge < -0.3 is 5.32 Å². The van der Waals surface area contributed by atoms with Crippen molar-refractivity contribution < 1.29 is 9.31 Å². The molecule has 0 amide bonds. The van der Waals surface area contributed by atoms with Crippen LogP contribution in [-0.2, 0) is 13.1 Å². The molecule has 0 radical (unpaired) electrons. The lowest BCUT2D eigenvalue weighted by molar-refractivity contribution is -0.385. The molecule has 0 aliphatic rings. The Morgan fingerprint density at radius 2 is 2.25 bits per heavy atom. The Kier molecular flexibility index (Phi) is 4.72. The number of benzene rings is 1. The summed E-state index contributed by atoms with van der Waals surface area (Å²) < 4.78 is 14.9. The maximum absolute atomic E-state index is 13.2. The van der Waals surface area contributed by atoms with E-state index in [1.165, 1.54) is 12.1 Å². The lowest BCUT2D eigenvalue weighted by Crippen LogP contribution is -2.17. The lowest BCUT2D eigenvalue weighted by Gasteiger charge is -2.05. The summed E-state index contributed by atoms with van der Waals surface area (Å²) >= 11 is 0. The summed E-state index contributed by atoms with van der Waals surface area (Å²) in [7, 11) is 0. The smallest absolute Gasteiger partial charge is 0.272 e. The fourth-order valence-corrected chi connectivity index (χ4v) is 1.79. The van der Waals surface area contributed by atoms with Crippen molar-refractivity contribution in [2.75, 3.05) is 6.54 Å². The second kappa shape index (κ2) is 6.71. The van der Waals surface area contributed by atoms with E-state index in [1.54, 1.807) is 17.1 Å². The number of rotatable bonds is 7. The van der Waals surface area contributed by atoms with Gasteiger partial charge in [0.2, 0.25) is 0 Å². The van der Waals surface area contributed by atoms with Gasteiger partial charge in [0.15, 0.2) is 0 Å². The number of aromatic nitrogens is 3. The van der Waals surface area contributed by atoms with Crippen molar-refractivity contribution in [2.24, 2.45) is 0 Å². The summed E-state index contributed by atoms with van der Waals surface area (Å²) in [6.07, 6.45) is 4.22. The Labute approximate surface area is 114 Å². The summed E-state index contributed by atoms with van der Waals surface area (Å²) in [6.45, 7) is 1.82. The Morgan fingerprint density at radius 3 is 2.95 bits per heavy atom. The minimum atomic E-state index is -0.600. The van der Waals surface area contributed by atoms with Crippen LogP contribution in [0.2, 0.25) is 0 Å². The number of nitrogens with one attached hydrogen (secondary N) is 1. The van der Waals surface area contributed by atoms with E-state index in [9.17, 15) is 14.5 Å². The molecular formula is C12H14FN5O2. The number of nitro groups is 1. The monoisotopic (exact) mass is 279 g/mol. The van der Waals surface area contributed by atoms with Gasteiger partial charge in [-0.1, -0.05) is 5.21 Å². The topological polar surface area (TPSA) is 85.9 Å². The Bertz CT molecular complexity index is 573. The van der Waals surface area contributed by atoms with E-state index < -0.39 is 10.7 Å². The number of hydrogen-bond acceptors (Lipinski definition) is 5. The molecule has 0 saturated carbocycles. The third kappa shape index (κ3) is 4.09. The van der Waals surface area contributed by atoms with Crippen LogP contribution in [0.15, 0.2) is 30.6 Å². The van der Waals surface area contributed by atoms with E-state index in [2.05, 4.69) is 15.6 Å². The largest absolute Gasteiger partial charge is 0.313 e. The zero-order valence-electron chi connectivity index (χ0n) is 10.7. The predicted octanol–water partition coefficient (Wildman–Crippen LogP) is 1.51. The number of non-ortho nitro benzene ring substituents is 1. The minimum absolute atomic E-state index is 0.232. The van der Waals surface area contributed by atoms with E-state index >= 15 is 0 Å². The first kappa shape index (κ1) is 14.1. The highest BCUT2D eigenvalue weighted by atomic mass is 19.1. The van der Waals surface area contributed by atoms with Gasteiger partial charge in [0.25, 0.3) is 5.69 Å². The molecule has 106 valence electrons. The highest BCUT2D eigenvalue weighted by Crippen LogP contribution is 2.16.